The second-order valence-electron chi connectivity index (χ2n) is 6.20. The lowest BCUT2D eigenvalue weighted by Gasteiger charge is -2.22. The Morgan fingerprint density at radius 3 is 2.48 bits per heavy atom. The first-order valence-corrected chi connectivity index (χ1v) is 7.09. The van der Waals surface area contributed by atoms with Crippen molar-refractivity contribution in [1.29, 1.82) is 0 Å². The zero-order chi connectivity index (χ0) is 17.8. The van der Waals surface area contributed by atoms with Crippen molar-refractivity contribution >= 4 is 11.8 Å². The van der Waals surface area contributed by atoms with E-state index in [1.807, 2.05) is 0 Å². The molecule has 0 aliphatic rings. The van der Waals surface area contributed by atoms with Crippen molar-refractivity contribution in [2.24, 2.45) is 0 Å². The number of amides is 1. The molecule has 1 aromatic carbocycles. The number of nitro benzene ring substituents is 1. The van der Waals surface area contributed by atoms with Crippen LogP contribution in [0, 0.1) is 17.0 Å². The minimum Gasteiger partial charge on any atom is -0.444 e. The van der Waals surface area contributed by atoms with Crippen molar-refractivity contribution < 1.29 is 24.7 Å². The maximum Gasteiger partial charge on any atom is 0.407 e. The van der Waals surface area contributed by atoms with Crippen LogP contribution in [-0.4, -0.2) is 39.5 Å². The zero-order valence-corrected chi connectivity index (χ0v) is 13.6. The zero-order valence-electron chi connectivity index (χ0n) is 13.6. The van der Waals surface area contributed by atoms with Crippen LogP contribution in [0.4, 0.5) is 10.5 Å². The van der Waals surface area contributed by atoms with Gasteiger partial charge >= 0.3 is 6.09 Å². The van der Waals surface area contributed by atoms with Gasteiger partial charge in [-0.2, -0.15) is 0 Å². The summed E-state index contributed by atoms with van der Waals surface area (Å²) in [4.78, 5) is 21.7. The monoisotopic (exact) mass is 326 g/mol. The molecule has 0 radical (unpaired) electrons. The molecule has 1 rings (SSSR count). The van der Waals surface area contributed by atoms with Crippen molar-refractivity contribution in [2.45, 2.75) is 45.5 Å². The second kappa shape index (κ2) is 7.38. The van der Waals surface area contributed by atoms with E-state index in [0.717, 1.165) is 0 Å². The van der Waals surface area contributed by atoms with Crippen molar-refractivity contribution in [3.05, 3.63) is 39.4 Å². The normalized spacial score (nSPS) is 14.0. The number of nitrogens with one attached hydrogen (secondary N) is 1. The number of carbonyl (C=O) groups excluding carboxylic acids is 1. The lowest BCUT2D eigenvalue weighted by Crippen LogP contribution is -2.38. The van der Waals surface area contributed by atoms with Gasteiger partial charge in [0.15, 0.2) is 0 Å². The summed E-state index contributed by atoms with van der Waals surface area (Å²) in [6, 6.07) is 4.06. The number of nitro groups is 1. The Kier molecular flexibility index (Phi) is 6.05. The van der Waals surface area contributed by atoms with E-state index in [1.165, 1.54) is 18.2 Å². The highest BCUT2D eigenvalue weighted by Crippen LogP contribution is 2.24. The van der Waals surface area contributed by atoms with E-state index in [4.69, 9.17) is 4.74 Å². The summed E-state index contributed by atoms with van der Waals surface area (Å²) in [5.41, 5.74) is -0.0314. The van der Waals surface area contributed by atoms with Crippen LogP contribution < -0.4 is 5.32 Å². The van der Waals surface area contributed by atoms with Gasteiger partial charge in [-0.1, -0.05) is 0 Å². The van der Waals surface area contributed by atoms with E-state index in [2.05, 4.69) is 5.32 Å². The number of aliphatic hydroxyl groups is 2. The summed E-state index contributed by atoms with van der Waals surface area (Å²) in [5, 5.41) is 33.1. The van der Waals surface area contributed by atoms with Crippen LogP contribution in [0.15, 0.2) is 18.2 Å². The Labute approximate surface area is 134 Å². The van der Waals surface area contributed by atoms with E-state index in [0.29, 0.717) is 11.1 Å². The fourth-order valence-electron chi connectivity index (χ4n) is 1.90. The summed E-state index contributed by atoms with van der Waals surface area (Å²) < 4.78 is 5.02. The van der Waals surface area contributed by atoms with Crippen molar-refractivity contribution in [3.63, 3.8) is 0 Å². The number of nitrogens with zero attached hydrogens (tertiary/aromatic N) is 1. The van der Waals surface area contributed by atoms with Crippen LogP contribution in [-0.2, 0) is 4.74 Å². The van der Waals surface area contributed by atoms with E-state index in [-0.39, 0.29) is 12.2 Å². The average Bonchev–Trinajstić information content (AvgIpc) is 2.41. The van der Waals surface area contributed by atoms with E-state index in [1.54, 1.807) is 27.7 Å². The molecule has 0 aromatic heterocycles. The molecular formula is C15H22N2O6. The standard InChI is InChI=1S/C15H22N2O6/c1-9-7-10(5-6-11(9)17(21)22)13(19)12(18)8-16-14(20)23-15(2,3)4/h5-7,12-13,18-19H,8H2,1-4H3,(H,16,20). The van der Waals surface area contributed by atoms with Crippen LogP contribution in [0.3, 0.4) is 0 Å². The maximum atomic E-state index is 11.5. The molecule has 2 atom stereocenters. The predicted octanol–water partition coefficient (Wildman–Crippen LogP) is 1.82. The Morgan fingerprint density at radius 2 is 2.00 bits per heavy atom. The van der Waals surface area contributed by atoms with Crippen molar-refractivity contribution in [1.82, 2.24) is 5.32 Å². The minimum absolute atomic E-state index is 0.0673. The Bertz CT molecular complexity index is 582. The van der Waals surface area contributed by atoms with Gasteiger partial charge in [-0.05, 0) is 45.4 Å². The van der Waals surface area contributed by atoms with Gasteiger partial charge in [0.1, 0.15) is 17.8 Å². The number of carbonyl (C=O) groups is 1. The number of aryl methyl sites for hydroxylation is 1. The molecule has 0 aliphatic heterocycles. The fourth-order valence-corrected chi connectivity index (χ4v) is 1.90. The van der Waals surface area contributed by atoms with Crippen LogP contribution in [0.2, 0.25) is 0 Å². The number of ether oxygens (including phenoxy) is 1. The molecule has 0 spiro atoms. The molecule has 0 heterocycles. The summed E-state index contributed by atoms with van der Waals surface area (Å²) in [6.45, 7) is 6.44. The lowest BCUT2D eigenvalue weighted by atomic mass is 10.0. The van der Waals surface area contributed by atoms with Gasteiger partial charge in [0, 0.05) is 18.2 Å². The Balaban J connectivity index is 2.66. The third-order valence-corrected chi connectivity index (χ3v) is 2.98. The SMILES string of the molecule is Cc1cc(C(O)C(O)CNC(=O)OC(C)(C)C)ccc1[N+](=O)[O-]. The molecule has 0 saturated carbocycles. The molecule has 8 nitrogen and oxygen atoms in total. The smallest absolute Gasteiger partial charge is 0.407 e. The molecule has 128 valence electrons. The van der Waals surface area contributed by atoms with E-state index in [9.17, 15) is 25.1 Å². The maximum absolute atomic E-state index is 11.5. The van der Waals surface area contributed by atoms with Gasteiger partial charge in [0.2, 0.25) is 0 Å². The van der Waals surface area contributed by atoms with E-state index >= 15 is 0 Å². The van der Waals surface area contributed by atoms with Crippen LogP contribution in [0.5, 0.6) is 0 Å². The van der Waals surface area contributed by atoms with E-state index < -0.39 is 28.8 Å². The van der Waals surface area contributed by atoms with Crippen molar-refractivity contribution in [3.8, 4) is 0 Å². The van der Waals surface area contributed by atoms with Gasteiger partial charge in [-0.3, -0.25) is 10.1 Å². The first-order valence-electron chi connectivity index (χ1n) is 7.09. The van der Waals surface area contributed by atoms with Gasteiger partial charge in [0.25, 0.3) is 5.69 Å². The van der Waals surface area contributed by atoms with Gasteiger partial charge in [-0.25, -0.2) is 4.79 Å². The predicted molar refractivity (Wildman–Crippen MR) is 83.0 cm³/mol. The largest absolute Gasteiger partial charge is 0.444 e. The molecule has 3 N–H and O–H groups in total. The summed E-state index contributed by atoms with van der Waals surface area (Å²) in [7, 11) is 0. The van der Waals surface area contributed by atoms with Gasteiger partial charge in [-0.15, -0.1) is 0 Å². The molecule has 1 amide bonds. The van der Waals surface area contributed by atoms with Crippen molar-refractivity contribution in [2.75, 3.05) is 6.54 Å². The number of rotatable bonds is 5. The van der Waals surface area contributed by atoms with Gasteiger partial charge in [0.05, 0.1) is 4.92 Å². The quantitative estimate of drug-likeness (QED) is 0.560. The van der Waals surface area contributed by atoms with Gasteiger partial charge < -0.3 is 20.3 Å². The number of hydrogen-bond donors (Lipinski definition) is 3. The summed E-state index contributed by atoms with van der Waals surface area (Å²) in [6.07, 6.45) is -3.27. The average molecular weight is 326 g/mol. The lowest BCUT2D eigenvalue weighted by molar-refractivity contribution is -0.385. The van der Waals surface area contributed by atoms with Crippen LogP contribution >= 0.6 is 0 Å². The molecule has 8 heteroatoms. The highest BCUT2D eigenvalue weighted by Gasteiger charge is 2.23. The first-order chi connectivity index (χ1) is 10.5. The molecule has 23 heavy (non-hydrogen) atoms. The molecule has 0 fully saturated rings. The summed E-state index contributed by atoms with van der Waals surface area (Å²) in [5.74, 6) is 0. The third-order valence-electron chi connectivity index (χ3n) is 2.98. The summed E-state index contributed by atoms with van der Waals surface area (Å²) >= 11 is 0. The number of alkyl carbamates (subject to hydrolysis) is 1. The van der Waals surface area contributed by atoms with Crippen LogP contribution in [0.1, 0.15) is 38.0 Å². The number of benzene rings is 1. The Morgan fingerprint density at radius 1 is 1.39 bits per heavy atom. The molecule has 0 aliphatic carbocycles. The second-order valence-corrected chi connectivity index (χ2v) is 6.20. The molecule has 0 saturated heterocycles. The number of hydrogen-bond acceptors (Lipinski definition) is 6. The highest BCUT2D eigenvalue weighted by molar-refractivity contribution is 5.67. The fraction of sp³-hybridized carbons (Fsp3) is 0.533. The topological polar surface area (TPSA) is 122 Å². The van der Waals surface area contributed by atoms with Crippen LogP contribution in [0.25, 0.3) is 0 Å². The highest BCUT2D eigenvalue weighted by atomic mass is 16.6. The molecular weight excluding hydrogens is 304 g/mol. The Hall–Kier alpha value is -2.19. The first kappa shape index (κ1) is 18.9. The molecule has 2 unspecified atom stereocenters. The third kappa shape index (κ3) is 5.84. The number of aliphatic hydroxyl groups excluding tert-OH is 2. The minimum atomic E-state index is -1.29. The molecule has 0 bridgehead atoms. The molecule has 1 aromatic rings.